The highest BCUT2D eigenvalue weighted by Crippen LogP contribution is 2.43. The fourth-order valence-corrected chi connectivity index (χ4v) is 2.03. The van der Waals surface area contributed by atoms with Crippen molar-refractivity contribution in [2.24, 2.45) is 0 Å². The fraction of sp³-hybridized carbons (Fsp3) is 0. The average Bonchev–Trinajstić information content (AvgIpc) is 3.14. The van der Waals surface area contributed by atoms with E-state index < -0.39 is 0 Å². The molecule has 0 fully saturated rings. The molecule has 0 saturated carbocycles. The Balaban J connectivity index is 0.000000155. The number of hydrogen-bond donors (Lipinski definition) is 1. The highest BCUT2D eigenvalue weighted by atomic mass is 16.3. The van der Waals surface area contributed by atoms with Crippen molar-refractivity contribution in [3.8, 4) is 28.0 Å². The Morgan fingerprint density at radius 3 is 1.47 bits per heavy atom. The van der Waals surface area contributed by atoms with Gasteiger partial charge in [-0.1, -0.05) is 60.7 Å². The Bertz CT molecular complexity index is 643. The van der Waals surface area contributed by atoms with Gasteiger partial charge in [-0.3, -0.25) is 0 Å². The zero-order valence-electron chi connectivity index (χ0n) is 10.5. The van der Waals surface area contributed by atoms with Gasteiger partial charge in [0.15, 0.2) is 0 Å². The first-order chi connectivity index (χ1) is 9.34. The minimum atomic E-state index is 0.320. The molecule has 2 aromatic carbocycles. The first-order valence-electron chi connectivity index (χ1n) is 6.28. The third kappa shape index (κ3) is 2.66. The summed E-state index contributed by atoms with van der Waals surface area (Å²) in [5, 5.41) is 9.13. The standard InChI is InChI=1S/C12H8O.C6H6/c13-10-4-1-8(2-5-10)11-6-3-9-7-12(9)11;1-2-4-6-5-3-1/h1-7,13H;1-6H. The van der Waals surface area contributed by atoms with Crippen molar-refractivity contribution < 1.29 is 5.11 Å². The molecule has 92 valence electrons. The topological polar surface area (TPSA) is 20.2 Å². The lowest BCUT2D eigenvalue weighted by Crippen LogP contribution is -1.71. The van der Waals surface area contributed by atoms with Gasteiger partial charge >= 0.3 is 0 Å². The van der Waals surface area contributed by atoms with Crippen molar-refractivity contribution in [1.82, 2.24) is 0 Å². The third-order valence-corrected chi connectivity index (χ3v) is 3.09. The van der Waals surface area contributed by atoms with Crippen molar-refractivity contribution in [1.29, 1.82) is 0 Å². The van der Waals surface area contributed by atoms with Crippen molar-refractivity contribution in [2.45, 2.75) is 0 Å². The Labute approximate surface area is 112 Å². The Morgan fingerprint density at radius 1 is 0.526 bits per heavy atom. The van der Waals surface area contributed by atoms with Crippen molar-refractivity contribution in [3.05, 3.63) is 78.9 Å². The minimum absolute atomic E-state index is 0.320. The number of rotatable bonds is 1. The Hall–Kier alpha value is -2.54. The SMILES string of the molecule is Oc1ccc(-c2ccc3cc2-3)cc1.c1ccccc1. The molecule has 4 rings (SSSR count). The van der Waals surface area contributed by atoms with Crippen LogP contribution >= 0.6 is 0 Å². The first-order valence-corrected chi connectivity index (χ1v) is 6.28. The van der Waals surface area contributed by atoms with E-state index in [0.717, 1.165) is 0 Å². The van der Waals surface area contributed by atoms with Gasteiger partial charge in [-0.15, -0.1) is 0 Å². The van der Waals surface area contributed by atoms with E-state index in [9.17, 15) is 0 Å². The van der Waals surface area contributed by atoms with Gasteiger partial charge in [0.25, 0.3) is 0 Å². The smallest absolute Gasteiger partial charge is 0.115 e. The van der Waals surface area contributed by atoms with Crippen LogP contribution in [0.1, 0.15) is 0 Å². The highest BCUT2D eigenvalue weighted by molar-refractivity contribution is 5.96. The quantitative estimate of drug-likeness (QED) is 0.515. The number of hydrogen-bond acceptors (Lipinski definition) is 1. The summed E-state index contributed by atoms with van der Waals surface area (Å²) in [5.41, 5.74) is 5.15. The number of phenolic OH excluding ortho intramolecular Hbond substituents is 1. The molecule has 1 nitrogen and oxygen atoms in total. The second kappa shape index (κ2) is 4.99. The molecule has 2 aliphatic rings. The van der Waals surface area contributed by atoms with Crippen LogP contribution in [0.5, 0.6) is 5.75 Å². The van der Waals surface area contributed by atoms with Crippen LogP contribution in [0.3, 0.4) is 0 Å². The van der Waals surface area contributed by atoms with E-state index in [1.165, 1.54) is 22.3 Å². The van der Waals surface area contributed by atoms with Crippen LogP contribution in [0, 0.1) is 0 Å². The summed E-state index contributed by atoms with van der Waals surface area (Å²) in [5.74, 6) is 0.320. The molecule has 0 aliphatic heterocycles. The molecule has 0 amide bonds. The van der Waals surface area contributed by atoms with Gasteiger partial charge in [-0.2, -0.15) is 0 Å². The van der Waals surface area contributed by atoms with Crippen molar-refractivity contribution >= 4 is 0 Å². The predicted octanol–water partition coefficient (Wildman–Crippen LogP) is 4.73. The summed E-state index contributed by atoms with van der Waals surface area (Å²) in [6.45, 7) is 0. The molecule has 1 heteroatoms. The average molecular weight is 246 g/mol. The van der Waals surface area contributed by atoms with Crippen LogP contribution in [0.25, 0.3) is 22.3 Å². The van der Waals surface area contributed by atoms with E-state index in [2.05, 4.69) is 18.2 Å². The third-order valence-electron chi connectivity index (χ3n) is 3.09. The molecule has 0 heterocycles. The summed E-state index contributed by atoms with van der Waals surface area (Å²) in [7, 11) is 0. The lowest BCUT2D eigenvalue weighted by atomic mass is 10.1. The van der Waals surface area contributed by atoms with Gasteiger partial charge in [0.05, 0.1) is 0 Å². The predicted molar refractivity (Wildman–Crippen MR) is 79.0 cm³/mol. The molecule has 19 heavy (non-hydrogen) atoms. The van der Waals surface area contributed by atoms with E-state index in [1.54, 1.807) is 12.1 Å². The molecule has 0 radical (unpaired) electrons. The molecule has 2 aliphatic carbocycles. The Kier molecular flexibility index (Phi) is 3.03. The normalized spacial score (nSPS) is 10.3. The number of benzene rings is 3. The molecular formula is C18H14O. The molecule has 0 spiro atoms. The van der Waals surface area contributed by atoms with Crippen molar-refractivity contribution in [2.75, 3.05) is 0 Å². The summed E-state index contributed by atoms with van der Waals surface area (Å²) < 4.78 is 0. The van der Waals surface area contributed by atoms with Gasteiger partial charge in [-0.25, -0.2) is 0 Å². The fourth-order valence-electron chi connectivity index (χ4n) is 2.03. The van der Waals surface area contributed by atoms with E-state index in [4.69, 9.17) is 5.11 Å². The molecule has 2 aromatic rings. The van der Waals surface area contributed by atoms with E-state index in [1.807, 2.05) is 48.5 Å². The molecule has 0 saturated heterocycles. The zero-order chi connectivity index (χ0) is 13.1. The summed E-state index contributed by atoms with van der Waals surface area (Å²) in [6.07, 6.45) is 0. The zero-order valence-corrected chi connectivity index (χ0v) is 10.5. The van der Waals surface area contributed by atoms with E-state index in [0.29, 0.717) is 5.75 Å². The van der Waals surface area contributed by atoms with E-state index >= 15 is 0 Å². The maximum Gasteiger partial charge on any atom is 0.115 e. The lowest BCUT2D eigenvalue weighted by molar-refractivity contribution is 0.475. The molecular weight excluding hydrogens is 232 g/mol. The van der Waals surface area contributed by atoms with Crippen LogP contribution in [0.15, 0.2) is 78.9 Å². The number of aromatic hydroxyl groups is 1. The molecule has 0 bridgehead atoms. The summed E-state index contributed by atoms with van der Waals surface area (Å²) in [6, 6.07) is 25.7. The first kappa shape index (κ1) is 11.5. The van der Waals surface area contributed by atoms with Crippen LogP contribution in [-0.2, 0) is 0 Å². The summed E-state index contributed by atoms with van der Waals surface area (Å²) >= 11 is 0. The second-order valence-electron chi connectivity index (χ2n) is 4.46. The largest absolute Gasteiger partial charge is 0.508 e. The van der Waals surface area contributed by atoms with Gasteiger partial charge < -0.3 is 5.11 Å². The van der Waals surface area contributed by atoms with Gasteiger partial charge in [0.2, 0.25) is 0 Å². The van der Waals surface area contributed by atoms with Crippen LogP contribution in [0.2, 0.25) is 0 Å². The van der Waals surface area contributed by atoms with Crippen LogP contribution in [-0.4, -0.2) is 5.11 Å². The van der Waals surface area contributed by atoms with E-state index in [-0.39, 0.29) is 0 Å². The molecule has 0 aromatic heterocycles. The number of fused-ring (bicyclic) bond motifs is 1. The second-order valence-corrected chi connectivity index (χ2v) is 4.46. The van der Waals surface area contributed by atoms with Crippen LogP contribution < -0.4 is 0 Å². The van der Waals surface area contributed by atoms with Crippen molar-refractivity contribution in [3.63, 3.8) is 0 Å². The maximum atomic E-state index is 9.13. The summed E-state index contributed by atoms with van der Waals surface area (Å²) in [4.78, 5) is 0. The lowest BCUT2D eigenvalue weighted by Gasteiger charge is -1.97. The minimum Gasteiger partial charge on any atom is -0.508 e. The monoisotopic (exact) mass is 246 g/mol. The van der Waals surface area contributed by atoms with Gasteiger partial charge in [-0.05, 0) is 40.5 Å². The molecule has 0 unspecified atom stereocenters. The van der Waals surface area contributed by atoms with Gasteiger partial charge in [0, 0.05) is 0 Å². The van der Waals surface area contributed by atoms with Crippen LogP contribution in [0.4, 0.5) is 0 Å². The Morgan fingerprint density at radius 2 is 1.05 bits per heavy atom. The highest BCUT2D eigenvalue weighted by Gasteiger charge is 2.17. The molecule has 1 N–H and O–H groups in total. The number of phenols is 1. The molecule has 0 atom stereocenters. The maximum absolute atomic E-state index is 9.13. The van der Waals surface area contributed by atoms with Gasteiger partial charge in [0.1, 0.15) is 5.75 Å².